The first-order chi connectivity index (χ1) is 15.5. The fourth-order valence-electron chi connectivity index (χ4n) is 3.56. The number of nitrogens with zero attached hydrogens (tertiary/aromatic N) is 2. The maximum atomic E-state index is 13.0. The summed E-state index contributed by atoms with van der Waals surface area (Å²) in [5.41, 5.74) is 10.3. The van der Waals surface area contributed by atoms with E-state index in [0.717, 1.165) is 22.3 Å². The second-order valence-electron chi connectivity index (χ2n) is 7.67. The highest BCUT2D eigenvalue weighted by Crippen LogP contribution is 2.22. The van der Waals surface area contributed by atoms with E-state index in [1.165, 1.54) is 0 Å². The smallest absolute Gasteiger partial charge is 0.267 e. The number of amides is 2. The summed E-state index contributed by atoms with van der Waals surface area (Å²) in [4.78, 5) is 25.6. The van der Waals surface area contributed by atoms with Crippen molar-refractivity contribution in [2.75, 3.05) is 0 Å². The van der Waals surface area contributed by atoms with Gasteiger partial charge >= 0.3 is 0 Å². The molecule has 4 aromatic rings. The molecule has 0 aliphatic heterocycles. The standard InChI is InChI=1S/C26H24N4O2/c1-18-13-14-22(19(2)15-18)25(31)27-28-26(32)23-17-30(16-20-9-5-3-6-10-20)29-24(23)21-11-7-4-8-12-21/h3-15,17H,16H2,1-2H3,(H,27,31)(H,28,32). The van der Waals surface area contributed by atoms with Gasteiger partial charge in [-0.2, -0.15) is 5.10 Å². The largest absolute Gasteiger partial charge is 0.273 e. The van der Waals surface area contributed by atoms with Crippen LogP contribution in [0.2, 0.25) is 0 Å². The lowest BCUT2D eigenvalue weighted by atomic mass is 10.1. The molecule has 0 atom stereocenters. The molecule has 1 heterocycles. The van der Waals surface area contributed by atoms with E-state index in [9.17, 15) is 9.59 Å². The number of hydrogen-bond donors (Lipinski definition) is 2. The Morgan fingerprint density at radius 2 is 1.44 bits per heavy atom. The zero-order valence-electron chi connectivity index (χ0n) is 18.0. The fourth-order valence-corrected chi connectivity index (χ4v) is 3.56. The number of benzene rings is 3. The third-order valence-electron chi connectivity index (χ3n) is 5.16. The summed E-state index contributed by atoms with van der Waals surface area (Å²) >= 11 is 0. The Bertz CT molecular complexity index is 1250. The third-order valence-corrected chi connectivity index (χ3v) is 5.16. The average Bonchev–Trinajstić information content (AvgIpc) is 3.22. The molecule has 0 fully saturated rings. The van der Waals surface area contributed by atoms with Crippen molar-refractivity contribution in [2.24, 2.45) is 0 Å². The normalized spacial score (nSPS) is 10.6. The second kappa shape index (κ2) is 9.31. The van der Waals surface area contributed by atoms with Crippen LogP contribution in [-0.2, 0) is 6.54 Å². The summed E-state index contributed by atoms with van der Waals surface area (Å²) in [7, 11) is 0. The molecule has 4 rings (SSSR count). The van der Waals surface area contributed by atoms with Crippen molar-refractivity contribution in [3.8, 4) is 11.3 Å². The highest BCUT2D eigenvalue weighted by atomic mass is 16.2. The van der Waals surface area contributed by atoms with Gasteiger partial charge in [-0.05, 0) is 31.0 Å². The molecular formula is C26H24N4O2. The number of carbonyl (C=O) groups is 2. The lowest BCUT2D eigenvalue weighted by molar-refractivity contribution is 0.0846. The van der Waals surface area contributed by atoms with Crippen LogP contribution in [0.4, 0.5) is 0 Å². The van der Waals surface area contributed by atoms with Crippen molar-refractivity contribution < 1.29 is 9.59 Å². The number of aromatic nitrogens is 2. The Hall–Kier alpha value is -4.19. The first-order valence-electron chi connectivity index (χ1n) is 10.4. The number of hydrazine groups is 1. The first kappa shape index (κ1) is 21.1. The van der Waals surface area contributed by atoms with Gasteiger partial charge in [0.1, 0.15) is 5.69 Å². The zero-order valence-corrected chi connectivity index (χ0v) is 18.0. The Balaban J connectivity index is 1.56. The molecule has 3 aromatic carbocycles. The molecule has 0 saturated heterocycles. The lowest BCUT2D eigenvalue weighted by Crippen LogP contribution is -2.42. The molecule has 6 heteroatoms. The van der Waals surface area contributed by atoms with Gasteiger partial charge in [-0.3, -0.25) is 25.1 Å². The van der Waals surface area contributed by atoms with Crippen LogP contribution in [0.1, 0.15) is 37.4 Å². The molecular weight excluding hydrogens is 400 g/mol. The van der Waals surface area contributed by atoms with Crippen molar-refractivity contribution in [3.63, 3.8) is 0 Å². The maximum Gasteiger partial charge on any atom is 0.273 e. The Morgan fingerprint density at radius 3 is 2.09 bits per heavy atom. The van der Waals surface area contributed by atoms with Gasteiger partial charge < -0.3 is 0 Å². The quantitative estimate of drug-likeness (QED) is 0.469. The van der Waals surface area contributed by atoms with Gasteiger partial charge in [0.2, 0.25) is 0 Å². The number of aryl methyl sites for hydroxylation is 2. The molecule has 2 N–H and O–H groups in total. The monoisotopic (exact) mass is 424 g/mol. The van der Waals surface area contributed by atoms with Crippen molar-refractivity contribution in [1.29, 1.82) is 0 Å². The minimum atomic E-state index is -0.429. The number of nitrogens with one attached hydrogen (secondary N) is 2. The maximum absolute atomic E-state index is 13.0. The highest BCUT2D eigenvalue weighted by molar-refractivity contribution is 6.02. The van der Waals surface area contributed by atoms with E-state index in [2.05, 4.69) is 16.0 Å². The van der Waals surface area contributed by atoms with Crippen molar-refractivity contribution in [2.45, 2.75) is 20.4 Å². The highest BCUT2D eigenvalue weighted by Gasteiger charge is 2.19. The minimum Gasteiger partial charge on any atom is -0.267 e. The predicted molar refractivity (Wildman–Crippen MR) is 124 cm³/mol. The van der Waals surface area contributed by atoms with E-state index < -0.39 is 5.91 Å². The SMILES string of the molecule is Cc1ccc(C(=O)NNC(=O)c2cn(Cc3ccccc3)nc2-c2ccccc2)c(C)c1. The van der Waals surface area contributed by atoms with Crippen LogP contribution in [0.25, 0.3) is 11.3 Å². The van der Waals surface area contributed by atoms with Gasteiger partial charge in [-0.1, -0.05) is 78.4 Å². The van der Waals surface area contributed by atoms with Gasteiger partial charge in [0.25, 0.3) is 11.8 Å². The zero-order chi connectivity index (χ0) is 22.5. The molecule has 0 unspecified atom stereocenters. The lowest BCUT2D eigenvalue weighted by Gasteiger charge is -2.10. The van der Waals surface area contributed by atoms with Crippen LogP contribution in [-0.4, -0.2) is 21.6 Å². The molecule has 6 nitrogen and oxygen atoms in total. The average molecular weight is 425 g/mol. The third kappa shape index (κ3) is 4.75. The number of carbonyl (C=O) groups excluding carboxylic acids is 2. The molecule has 32 heavy (non-hydrogen) atoms. The second-order valence-corrected chi connectivity index (χ2v) is 7.67. The van der Waals surface area contributed by atoms with E-state index in [4.69, 9.17) is 0 Å². The van der Waals surface area contributed by atoms with Crippen molar-refractivity contribution in [1.82, 2.24) is 20.6 Å². The summed E-state index contributed by atoms with van der Waals surface area (Å²) < 4.78 is 1.73. The molecule has 1 aromatic heterocycles. The van der Waals surface area contributed by atoms with Crippen LogP contribution in [0.3, 0.4) is 0 Å². The molecule has 0 aliphatic rings. The molecule has 160 valence electrons. The minimum absolute atomic E-state index is 0.367. The van der Waals surface area contributed by atoms with E-state index in [-0.39, 0.29) is 5.91 Å². The topological polar surface area (TPSA) is 76.0 Å². The predicted octanol–water partition coefficient (Wildman–Crippen LogP) is 4.29. The molecule has 0 spiro atoms. The van der Waals surface area contributed by atoms with E-state index in [1.54, 1.807) is 16.9 Å². The summed E-state index contributed by atoms with van der Waals surface area (Å²) in [5.74, 6) is -0.796. The number of hydrogen-bond acceptors (Lipinski definition) is 3. The Labute approximate surface area is 186 Å². The van der Waals surface area contributed by atoms with E-state index in [0.29, 0.717) is 23.4 Å². The van der Waals surface area contributed by atoms with Crippen LogP contribution in [0.5, 0.6) is 0 Å². The van der Waals surface area contributed by atoms with Crippen molar-refractivity contribution in [3.05, 3.63) is 113 Å². The van der Waals surface area contributed by atoms with Gasteiger partial charge in [0.15, 0.2) is 0 Å². The first-order valence-corrected chi connectivity index (χ1v) is 10.4. The van der Waals surface area contributed by atoms with Crippen LogP contribution in [0, 0.1) is 13.8 Å². The fraction of sp³-hybridized carbons (Fsp3) is 0.115. The Morgan fingerprint density at radius 1 is 0.812 bits per heavy atom. The van der Waals surface area contributed by atoms with Crippen LogP contribution in [0.15, 0.2) is 85.1 Å². The summed E-state index contributed by atoms with van der Waals surface area (Å²) in [6.45, 7) is 4.36. The van der Waals surface area contributed by atoms with Crippen LogP contribution < -0.4 is 10.9 Å². The summed E-state index contributed by atoms with van der Waals surface area (Å²) in [6, 6.07) is 25.0. The van der Waals surface area contributed by atoms with Crippen LogP contribution >= 0.6 is 0 Å². The Kier molecular flexibility index (Phi) is 6.12. The van der Waals surface area contributed by atoms with Gasteiger partial charge in [-0.15, -0.1) is 0 Å². The molecule has 0 saturated carbocycles. The van der Waals surface area contributed by atoms with E-state index in [1.807, 2.05) is 86.6 Å². The summed E-state index contributed by atoms with van der Waals surface area (Å²) in [6.07, 6.45) is 1.70. The molecule has 2 amide bonds. The molecule has 0 radical (unpaired) electrons. The number of rotatable bonds is 5. The summed E-state index contributed by atoms with van der Waals surface area (Å²) in [5, 5.41) is 4.65. The van der Waals surface area contributed by atoms with Gasteiger partial charge in [0.05, 0.1) is 12.1 Å². The van der Waals surface area contributed by atoms with E-state index >= 15 is 0 Å². The molecule has 0 bridgehead atoms. The van der Waals surface area contributed by atoms with Gasteiger partial charge in [0, 0.05) is 17.3 Å². The van der Waals surface area contributed by atoms with Crippen molar-refractivity contribution >= 4 is 11.8 Å². The molecule has 0 aliphatic carbocycles. The van der Waals surface area contributed by atoms with Gasteiger partial charge in [-0.25, -0.2) is 0 Å².